The lowest BCUT2D eigenvalue weighted by atomic mass is 9.89. The van der Waals surface area contributed by atoms with Crippen molar-refractivity contribution < 1.29 is 4.74 Å². The summed E-state index contributed by atoms with van der Waals surface area (Å²) in [4.78, 5) is 0. The molecule has 4 rings (SSSR count). The number of hydrogen-bond acceptors (Lipinski definition) is 1. The molecule has 0 saturated carbocycles. The van der Waals surface area contributed by atoms with Gasteiger partial charge in [-0.15, -0.1) is 0 Å². The van der Waals surface area contributed by atoms with Crippen molar-refractivity contribution in [2.45, 2.75) is 5.92 Å². The van der Waals surface area contributed by atoms with Crippen LogP contribution in [-0.4, -0.2) is 6.61 Å². The van der Waals surface area contributed by atoms with Gasteiger partial charge < -0.3 is 4.74 Å². The second-order valence-electron chi connectivity index (χ2n) is 5.11. The Morgan fingerprint density at radius 1 is 0.900 bits per heavy atom. The molecule has 1 nitrogen and oxygen atoms in total. The van der Waals surface area contributed by atoms with Gasteiger partial charge in [0.1, 0.15) is 5.75 Å². The Morgan fingerprint density at radius 2 is 1.70 bits per heavy atom. The molecule has 0 amide bonds. The van der Waals surface area contributed by atoms with E-state index in [1.54, 1.807) is 0 Å². The molecule has 1 unspecified atom stereocenters. The van der Waals surface area contributed by atoms with Gasteiger partial charge in [-0.1, -0.05) is 54.1 Å². The minimum Gasteiger partial charge on any atom is -0.492 e. The van der Waals surface area contributed by atoms with E-state index in [0.717, 1.165) is 10.8 Å². The molecule has 3 aromatic rings. The van der Waals surface area contributed by atoms with Crippen LogP contribution < -0.4 is 4.74 Å². The van der Waals surface area contributed by atoms with Crippen LogP contribution in [0.1, 0.15) is 17.0 Å². The summed E-state index contributed by atoms with van der Waals surface area (Å²) in [5, 5.41) is 3.31. The Kier molecular flexibility index (Phi) is 2.68. The van der Waals surface area contributed by atoms with E-state index in [1.165, 1.54) is 21.9 Å². The largest absolute Gasteiger partial charge is 0.492 e. The molecule has 0 saturated heterocycles. The molecule has 0 aliphatic carbocycles. The van der Waals surface area contributed by atoms with Gasteiger partial charge in [0.2, 0.25) is 0 Å². The van der Waals surface area contributed by atoms with Crippen molar-refractivity contribution in [1.29, 1.82) is 0 Å². The molecule has 0 aromatic heterocycles. The van der Waals surface area contributed by atoms with Crippen molar-refractivity contribution in [2.24, 2.45) is 0 Å². The first-order valence-corrected chi connectivity index (χ1v) is 7.10. The number of halogens is 1. The van der Waals surface area contributed by atoms with Gasteiger partial charge in [-0.25, -0.2) is 0 Å². The van der Waals surface area contributed by atoms with E-state index in [-0.39, 0.29) is 5.92 Å². The smallest absolute Gasteiger partial charge is 0.123 e. The van der Waals surface area contributed by atoms with E-state index in [4.69, 9.17) is 16.3 Å². The zero-order valence-electron chi connectivity index (χ0n) is 10.8. The number of benzene rings is 3. The van der Waals surface area contributed by atoms with Crippen molar-refractivity contribution in [2.75, 3.05) is 6.61 Å². The van der Waals surface area contributed by atoms with Crippen molar-refractivity contribution >= 4 is 22.4 Å². The Bertz CT molecular complexity index is 777. The molecule has 0 radical (unpaired) electrons. The predicted molar refractivity (Wildman–Crippen MR) is 82.7 cm³/mol. The van der Waals surface area contributed by atoms with Crippen molar-refractivity contribution in [3.8, 4) is 5.75 Å². The second kappa shape index (κ2) is 4.53. The normalized spacial score (nSPS) is 16.9. The topological polar surface area (TPSA) is 9.23 Å². The first-order valence-electron chi connectivity index (χ1n) is 6.73. The van der Waals surface area contributed by atoms with Crippen LogP contribution in [0.5, 0.6) is 5.75 Å². The highest BCUT2D eigenvalue weighted by Crippen LogP contribution is 2.42. The third-order valence-corrected chi connectivity index (χ3v) is 4.21. The van der Waals surface area contributed by atoms with Gasteiger partial charge in [0.25, 0.3) is 0 Å². The van der Waals surface area contributed by atoms with Crippen LogP contribution in [0.3, 0.4) is 0 Å². The number of hydrogen-bond donors (Lipinski definition) is 0. The molecular formula is C18H13ClO. The van der Waals surface area contributed by atoms with Gasteiger partial charge in [-0.3, -0.25) is 0 Å². The van der Waals surface area contributed by atoms with E-state index < -0.39 is 0 Å². The molecule has 1 aliphatic heterocycles. The molecule has 0 N–H and O–H groups in total. The summed E-state index contributed by atoms with van der Waals surface area (Å²) in [6, 6.07) is 20.7. The molecule has 0 bridgehead atoms. The van der Waals surface area contributed by atoms with Crippen LogP contribution >= 0.6 is 11.6 Å². The average molecular weight is 281 g/mol. The highest BCUT2D eigenvalue weighted by atomic mass is 35.5. The van der Waals surface area contributed by atoms with Crippen LogP contribution in [0.4, 0.5) is 0 Å². The monoisotopic (exact) mass is 280 g/mol. The van der Waals surface area contributed by atoms with E-state index >= 15 is 0 Å². The molecule has 1 aliphatic rings. The van der Waals surface area contributed by atoms with Gasteiger partial charge in [-0.2, -0.15) is 0 Å². The molecule has 20 heavy (non-hydrogen) atoms. The van der Waals surface area contributed by atoms with Crippen LogP contribution in [0.25, 0.3) is 10.8 Å². The lowest BCUT2D eigenvalue weighted by Gasteiger charge is -2.12. The summed E-state index contributed by atoms with van der Waals surface area (Å²) >= 11 is 5.98. The molecule has 2 heteroatoms. The Balaban J connectivity index is 1.92. The van der Waals surface area contributed by atoms with Crippen molar-refractivity contribution in [3.05, 3.63) is 76.8 Å². The summed E-state index contributed by atoms with van der Waals surface area (Å²) in [5.74, 6) is 1.29. The third-order valence-electron chi connectivity index (χ3n) is 3.96. The van der Waals surface area contributed by atoms with Gasteiger partial charge in [0, 0.05) is 16.5 Å². The fourth-order valence-electron chi connectivity index (χ4n) is 2.98. The fraction of sp³-hybridized carbons (Fsp3) is 0.111. The van der Waals surface area contributed by atoms with Crippen LogP contribution in [0, 0.1) is 0 Å². The van der Waals surface area contributed by atoms with E-state index in [1.807, 2.05) is 12.1 Å². The Labute approximate surface area is 122 Å². The summed E-state index contributed by atoms with van der Waals surface area (Å²) in [7, 11) is 0. The molecule has 98 valence electrons. The first-order chi connectivity index (χ1) is 9.83. The van der Waals surface area contributed by atoms with E-state index in [0.29, 0.717) is 6.61 Å². The van der Waals surface area contributed by atoms with Crippen molar-refractivity contribution in [1.82, 2.24) is 0 Å². The SMILES string of the molecule is Clc1ccc(C2COc3ccc4ccccc4c32)cc1. The van der Waals surface area contributed by atoms with Gasteiger partial charge in [-0.05, 0) is 34.5 Å². The summed E-state index contributed by atoms with van der Waals surface area (Å²) in [6.45, 7) is 0.699. The zero-order valence-corrected chi connectivity index (χ0v) is 11.6. The van der Waals surface area contributed by atoms with Crippen molar-refractivity contribution in [3.63, 3.8) is 0 Å². The lowest BCUT2D eigenvalue weighted by molar-refractivity contribution is 0.343. The molecule has 1 atom stereocenters. The molecular weight excluding hydrogens is 268 g/mol. The predicted octanol–water partition coefficient (Wildman–Crippen LogP) is 5.02. The van der Waals surface area contributed by atoms with E-state index in [2.05, 4.69) is 48.5 Å². The minimum absolute atomic E-state index is 0.286. The Hall–Kier alpha value is -1.99. The fourth-order valence-corrected chi connectivity index (χ4v) is 3.10. The molecule has 0 fully saturated rings. The second-order valence-corrected chi connectivity index (χ2v) is 5.55. The van der Waals surface area contributed by atoms with Gasteiger partial charge in [0.05, 0.1) is 6.61 Å². The standard InChI is InChI=1S/C18H13ClO/c19-14-8-5-13(6-9-14)16-11-20-17-10-7-12-3-1-2-4-15(12)18(16)17/h1-10,16H,11H2. The quantitative estimate of drug-likeness (QED) is 0.608. The van der Waals surface area contributed by atoms with Gasteiger partial charge >= 0.3 is 0 Å². The van der Waals surface area contributed by atoms with Crippen LogP contribution in [-0.2, 0) is 0 Å². The van der Waals surface area contributed by atoms with Gasteiger partial charge in [0.15, 0.2) is 0 Å². The van der Waals surface area contributed by atoms with E-state index in [9.17, 15) is 0 Å². The molecule has 1 heterocycles. The summed E-state index contributed by atoms with van der Waals surface area (Å²) in [6.07, 6.45) is 0. The summed E-state index contributed by atoms with van der Waals surface area (Å²) < 4.78 is 5.87. The average Bonchev–Trinajstić information content (AvgIpc) is 2.92. The lowest BCUT2D eigenvalue weighted by Crippen LogP contribution is -2.02. The maximum absolute atomic E-state index is 5.98. The Morgan fingerprint density at radius 3 is 2.55 bits per heavy atom. The zero-order chi connectivity index (χ0) is 13.5. The van der Waals surface area contributed by atoms with Crippen LogP contribution in [0.15, 0.2) is 60.7 Å². The third kappa shape index (κ3) is 1.78. The highest BCUT2D eigenvalue weighted by molar-refractivity contribution is 6.30. The number of ether oxygens (including phenoxy) is 1. The highest BCUT2D eigenvalue weighted by Gasteiger charge is 2.27. The summed E-state index contributed by atoms with van der Waals surface area (Å²) in [5.41, 5.74) is 2.55. The van der Waals surface area contributed by atoms with Crippen LogP contribution in [0.2, 0.25) is 5.02 Å². The molecule has 0 spiro atoms. The molecule has 3 aromatic carbocycles. The first kappa shape index (κ1) is 11.8. The maximum Gasteiger partial charge on any atom is 0.123 e. The minimum atomic E-state index is 0.286. The maximum atomic E-state index is 5.98. The number of fused-ring (bicyclic) bond motifs is 3. The number of rotatable bonds is 1.